The summed E-state index contributed by atoms with van der Waals surface area (Å²) in [6.45, 7) is 0.0830. The Kier molecular flexibility index (Phi) is 4.92. The third-order valence-corrected chi connectivity index (χ3v) is 3.81. The first-order valence-electron chi connectivity index (χ1n) is 7.75. The number of ether oxygens (including phenoxy) is 1. The molecule has 1 fully saturated rings. The Bertz CT molecular complexity index is 763. The molecule has 2 aromatic rings. The van der Waals surface area contributed by atoms with E-state index in [1.54, 1.807) is 0 Å². The molecule has 0 aromatic heterocycles. The van der Waals surface area contributed by atoms with Crippen LogP contribution in [0, 0.1) is 11.6 Å². The number of hydrogen-bond donors (Lipinski definition) is 1. The summed E-state index contributed by atoms with van der Waals surface area (Å²) in [6.07, 6.45) is 0.166. The van der Waals surface area contributed by atoms with Gasteiger partial charge in [-0.05, 0) is 48.5 Å². The van der Waals surface area contributed by atoms with Gasteiger partial charge in [-0.15, -0.1) is 0 Å². The molecule has 0 bridgehead atoms. The Hall–Kier alpha value is -2.96. The van der Waals surface area contributed by atoms with Gasteiger partial charge in [-0.2, -0.15) is 0 Å². The standard InChI is InChI=1S/C18H16F2N2O3/c19-12-1-5-15(6-2-12)22-10-14(9-18(22)24)21-17(23)11-25-16-7-3-13(20)4-8-16/h1-8,14H,9-11H2,(H,21,23)/t14-/m0/s1. The second kappa shape index (κ2) is 7.29. The van der Waals surface area contributed by atoms with Crippen LogP contribution in [0.2, 0.25) is 0 Å². The number of benzene rings is 2. The van der Waals surface area contributed by atoms with Crippen LogP contribution in [0.25, 0.3) is 0 Å². The lowest BCUT2D eigenvalue weighted by Gasteiger charge is -2.17. The highest BCUT2D eigenvalue weighted by molar-refractivity contribution is 5.96. The van der Waals surface area contributed by atoms with Crippen molar-refractivity contribution in [2.24, 2.45) is 0 Å². The van der Waals surface area contributed by atoms with Gasteiger partial charge < -0.3 is 15.0 Å². The van der Waals surface area contributed by atoms with Crippen molar-refractivity contribution in [3.63, 3.8) is 0 Å². The van der Waals surface area contributed by atoms with E-state index >= 15 is 0 Å². The molecular weight excluding hydrogens is 330 g/mol. The van der Waals surface area contributed by atoms with Crippen LogP contribution in [-0.2, 0) is 9.59 Å². The van der Waals surface area contributed by atoms with Gasteiger partial charge in [0, 0.05) is 18.7 Å². The fourth-order valence-corrected chi connectivity index (χ4v) is 2.62. The summed E-state index contributed by atoms with van der Waals surface area (Å²) in [5, 5.41) is 2.73. The van der Waals surface area contributed by atoms with Gasteiger partial charge in [0.1, 0.15) is 17.4 Å². The first-order valence-corrected chi connectivity index (χ1v) is 7.75. The fraction of sp³-hybridized carbons (Fsp3) is 0.222. The number of carbonyl (C=O) groups is 2. The van der Waals surface area contributed by atoms with Crippen LogP contribution in [0.1, 0.15) is 6.42 Å². The van der Waals surface area contributed by atoms with Crippen molar-refractivity contribution >= 4 is 17.5 Å². The minimum Gasteiger partial charge on any atom is -0.484 e. The topological polar surface area (TPSA) is 58.6 Å². The molecule has 2 amide bonds. The lowest BCUT2D eigenvalue weighted by atomic mass is 10.2. The van der Waals surface area contributed by atoms with Crippen molar-refractivity contribution in [2.45, 2.75) is 12.5 Å². The highest BCUT2D eigenvalue weighted by Crippen LogP contribution is 2.21. The Balaban J connectivity index is 1.51. The number of halogens is 2. The molecule has 1 N–H and O–H groups in total. The minimum atomic E-state index is -0.387. The smallest absolute Gasteiger partial charge is 0.258 e. The van der Waals surface area contributed by atoms with Gasteiger partial charge >= 0.3 is 0 Å². The summed E-state index contributed by atoms with van der Waals surface area (Å²) in [6, 6.07) is 10.6. The van der Waals surface area contributed by atoms with Gasteiger partial charge in [-0.25, -0.2) is 8.78 Å². The number of carbonyl (C=O) groups excluding carboxylic acids is 2. The predicted octanol–water partition coefficient (Wildman–Crippen LogP) is 2.27. The number of anilines is 1. The van der Waals surface area contributed by atoms with Gasteiger partial charge in [0.2, 0.25) is 5.91 Å². The van der Waals surface area contributed by atoms with Crippen molar-refractivity contribution in [1.29, 1.82) is 0 Å². The van der Waals surface area contributed by atoms with E-state index in [-0.39, 0.29) is 42.5 Å². The van der Waals surface area contributed by atoms with Crippen LogP contribution in [0.15, 0.2) is 48.5 Å². The molecule has 0 spiro atoms. The molecule has 0 unspecified atom stereocenters. The van der Waals surface area contributed by atoms with E-state index in [1.165, 1.54) is 53.4 Å². The average Bonchev–Trinajstić information content (AvgIpc) is 2.95. The Morgan fingerprint density at radius 3 is 2.32 bits per heavy atom. The summed E-state index contributed by atoms with van der Waals surface area (Å²) >= 11 is 0. The first-order chi connectivity index (χ1) is 12.0. The monoisotopic (exact) mass is 346 g/mol. The van der Waals surface area contributed by atoms with Crippen molar-refractivity contribution < 1.29 is 23.1 Å². The third kappa shape index (κ3) is 4.32. The third-order valence-electron chi connectivity index (χ3n) is 3.81. The van der Waals surface area contributed by atoms with Crippen LogP contribution < -0.4 is 15.0 Å². The highest BCUT2D eigenvalue weighted by Gasteiger charge is 2.31. The van der Waals surface area contributed by atoms with Crippen LogP contribution in [0.5, 0.6) is 5.75 Å². The average molecular weight is 346 g/mol. The second-order valence-electron chi connectivity index (χ2n) is 5.69. The number of hydrogen-bond acceptors (Lipinski definition) is 3. The summed E-state index contributed by atoms with van der Waals surface area (Å²) in [5.74, 6) is -0.897. The van der Waals surface area contributed by atoms with Crippen molar-refractivity contribution in [3.8, 4) is 5.75 Å². The van der Waals surface area contributed by atoms with E-state index in [4.69, 9.17) is 4.74 Å². The number of nitrogens with zero attached hydrogens (tertiary/aromatic N) is 1. The normalized spacial score (nSPS) is 16.8. The molecule has 0 radical (unpaired) electrons. The molecule has 25 heavy (non-hydrogen) atoms. The number of nitrogens with one attached hydrogen (secondary N) is 1. The van der Waals surface area contributed by atoms with Crippen LogP contribution in [-0.4, -0.2) is 31.0 Å². The van der Waals surface area contributed by atoms with Crippen LogP contribution in [0.3, 0.4) is 0 Å². The summed E-state index contributed by atoms with van der Waals surface area (Å²) in [5.41, 5.74) is 0.589. The van der Waals surface area contributed by atoms with E-state index in [9.17, 15) is 18.4 Å². The second-order valence-corrected chi connectivity index (χ2v) is 5.69. The minimum absolute atomic E-state index is 0.142. The van der Waals surface area contributed by atoms with Gasteiger partial charge in [-0.3, -0.25) is 9.59 Å². The number of amides is 2. The fourth-order valence-electron chi connectivity index (χ4n) is 2.62. The van der Waals surface area contributed by atoms with E-state index in [2.05, 4.69) is 5.32 Å². The van der Waals surface area contributed by atoms with Crippen molar-refractivity contribution in [3.05, 3.63) is 60.2 Å². The first kappa shape index (κ1) is 16.9. The molecule has 0 saturated carbocycles. The zero-order valence-electron chi connectivity index (χ0n) is 13.2. The lowest BCUT2D eigenvalue weighted by Crippen LogP contribution is -2.39. The maximum absolute atomic E-state index is 13.0. The van der Waals surface area contributed by atoms with E-state index in [1.807, 2.05) is 0 Å². The molecule has 1 aliphatic heterocycles. The zero-order chi connectivity index (χ0) is 17.8. The summed E-state index contributed by atoms with van der Waals surface area (Å²) < 4.78 is 31.0. The molecule has 1 aliphatic rings. The van der Waals surface area contributed by atoms with E-state index < -0.39 is 0 Å². The SMILES string of the molecule is O=C(COc1ccc(F)cc1)N[C@H]1CC(=O)N(c2ccc(F)cc2)C1. The zero-order valence-corrected chi connectivity index (χ0v) is 13.2. The maximum atomic E-state index is 13.0. The van der Waals surface area contributed by atoms with Gasteiger partial charge in [0.05, 0.1) is 6.04 Å². The Morgan fingerprint density at radius 2 is 1.68 bits per heavy atom. The quantitative estimate of drug-likeness (QED) is 0.904. The van der Waals surface area contributed by atoms with Gasteiger partial charge in [0.15, 0.2) is 6.61 Å². The molecule has 0 aliphatic carbocycles. The van der Waals surface area contributed by atoms with E-state index in [0.29, 0.717) is 18.0 Å². The molecule has 7 heteroatoms. The van der Waals surface area contributed by atoms with Crippen LogP contribution in [0.4, 0.5) is 14.5 Å². The molecule has 1 atom stereocenters. The molecular formula is C18H16F2N2O3. The highest BCUT2D eigenvalue weighted by atomic mass is 19.1. The van der Waals surface area contributed by atoms with E-state index in [0.717, 1.165) is 0 Å². The predicted molar refractivity (Wildman–Crippen MR) is 87.2 cm³/mol. The Labute approximate surface area is 143 Å². The van der Waals surface area contributed by atoms with Gasteiger partial charge in [-0.1, -0.05) is 0 Å². The molecule has 3 rings (SSSR count). The maximum Gasteiger partial charge on any atom is 0.258 e. The lowest BCUT2D eigenvalue weighted by molar-refractivity contribution is -0.123. The summed E-state index contributed by atoms with van der Waals surface area (Å²) in [4.78, 5) is 25.5. The van der Waals surface area contributed by atoms with Crippen molar-refractivity contribution in [1.82, 2.24) is 5.32 Å². The molecule has 130 valence electrons. The molecule has 1 heterocycles. The molecule has 1 saturated heterocycles. The van der Waals surface area contributed by atoms with Gasteiger partial charge in [0.25, 0.3) is 5.91 Å². The molecule has 5 nitrogen and oxygen atoms in total. The number of rotatable bonds is 5. The van der Waals surface area contributed by atoms with Crippen LogP contribution >= 0.6 is 0 Å². The largest absolute Gasteiger partial charge is 0.484 e. The Morgan fingerprint density at radius 1 is 1.08 bits per heavy atom. The van der Waals surface area contributed by atoms with Crippen molar-refractivity contribution in [2.75, 3.05) is 18.1 Å². The molecule has 2 aromatic carbocycles. The summed E-state index contributed by atoms with van der Waals surface area (Å²) in [7, 11) is 0.